The van der Waals surface area contributed by atoms with Crippen molar-refractivity contribution in [3.63, 3.8) is 0 Å². The minimum atomic E-state index is 0.610. The lowest BCUT2D eigenvalue weighted by Gasteiger charge is -2.09. The molecule has 2 aromatic carbocycles. The van der Waals surface area contributed by atoms with Gasteiger partial charge in [-0.1, -0.05) is 42.0 Å². The normalized spacial score (nSPS) is 10.6. The maximum absolute atomic E-state index is 5.88. The fraction of sp³-hybridized carbons (Fsp3) is 0.368. The van der Waals surface area contributed by atoms with Crippen LogP contribution in [0.4, 0.5) is 0 Å². The van der Waals surface area contributed by atoms with Crippen molar-refractivity contribution in [2.45, 2.75) is 26.5 Å². The number of rotatable bonds is 9. The summed E-state index contributed by atoms with van der Waals surface area (Å²) in [5, 5.41) is 6.60. The van der Waals surface area contributed by atoms with Crippen molar-refractivity contribution in [2.24, 2.45) is 0 Å². The third kappa shape index (κ3) is 5.88. The Morgan fingerprint density at radius 2 is 1.77 bits per heavy atom. The summed E-state index contributed by atoms with van der Waals surface area (Å²) in [6.07, 6.45) is 1.14. The van der Waals surface area contributed by atoms with E-state index in [0.29, 0.717) is 6.61 Å². The zero-order valence-electron chi connectivity index (χ0n) is 13.6. The highest BCUT2D eigenvalue weighted by atomic mass is 16.5. The van der Waals surface area contributed by atoms with Crippen LogP contribution in [-0.4, -0.2) is 20.1 Å². The first-order chi connectivity index (χ1) is 10.8. The molecule has 2 rings (SSSR count). The van der Waals surface area contributed by atoms with Gasteiger partial charge in [0.1, 0.15) is 12.4 Å². The monoisotopic (exact) mass is 298 g/mol. The highest BCUT2D eigenvalue weighted by Gasteiger charge is 1.99. The molecule has 0 amide bonds. The number of nitrogens with one attached hydrogen (secondary N) is 2. The molecule has 0 saturated carbocycles. The largest absolute Gasteiger partial charge is 0.489 e. The lowest BCUT2D eigenvalue weighted by atomic mass is 10.2. The van der Waals surface area contributed by atoms with E-state index in [9.17, 15) is 0 Å². The van der Waals surface area contributed by atoms with E-state index in [4.69, 9.17) is 4.74 Å². The average Bonchev–Trinajstić information content (AvgIpc) is 2.55. The van der Waals surface area contributed by atoms with E-state index in [1.54, 1.807) is 0 Å². The lowest BCUT2D eigenvalue weighted by Crippen LogP contribution is -2.19. The third-order valence-corrected chi connectivity index (χ3v) is 3.53. The van der Waals surface area contributed by atoms with Gasteiger partial charge in [0.05, 0.1) is 0 Å². The molecule has 0 aromatic heterocycles. The van der Waals surface area contributed by atoms with Crippen molar-refractivity contribution < 1.29 is 4.74 Å². The molecule has 0 unspecified atom stereocenters. The minimum absolute atomic E-state index is 0.610. The number of benzene rings is 2. The van der Waals surface area contributed by atoms with E-state index in [-0.39, 0.29) is 0 Å². The van der Waals surface area contributed by atoms with Gasteiger partial charge in [-0.15, -0.1) is 0 Å². The van der Waals surface area contributed by atoms with Gasteiger partial charge in [-0.25, -0.2) is 0 Å². The molecule has 0 spiro atoms. The summed E-state index contributed by atoms with van der Waals surface area (Å²) < 4.78 is 5.88. The van der Waals surface area contributed by atoms with Crippen LogP contribution in [0.5, 0.6) is 5.75 Å². The van der Waals surface area contributed by atoms with E-state index in [1.807, 2.05) is 13.1 Å². The van der Waals surface area contributed by atoms with Gasteiger partial charge in [-0.05, 0) is 56.7 Å². The molecule has 22 heavy (non-hydrogen) atoms. The summed E-state index contributed by atoms with van der Waals surface area (Å²) in [5.41, 5.74) is 3.72. The molecule has 0 aliphatic carbocycles. The number of hydrogen-bond donors (Lipinski definition) is 2. The summed E-state index contributed by atoms with van der Waals surface area (Å²) in [4.78, 5) is 0. The van der Waals surface area contributed by atoms with Gasteiger partial charge in [0.25, 0.3) is 0 Å². The van der Waals surface area contributed by atoms with Gasteiger partial charge in [0.15, 0.2) is 0 Å². The van der Waals surface area contributed by atoms with Gasteiger partial charge in [-0.3, -0.25) is 0 Å². The molecular weight excluding hydrogens is 272 g/mol. The lowest BCUT2D eigenvalue weighted by molar-refractivity contribution is 0.306. The molecule has 0 atom stereocenters. The van der Waals surface area contributed by atoms with Crippen LogP contribution in [0, 0.1) is 6.92 Å². The van der Waals surface area contributed by atoms with Crippen LogP contribution < -0.4 is 15.4 Å². The van der Waals surface area contributed by atoms with E-state index in [2.05, 4.69) is 60.0 Å². The predicted octanol–water partition coefficient (Wildman–Crippen LogP) is 3.27. The maximum Gasteiger partial charge on any atom is 0.120 e. The molecule has 2 N–H and O–H groups in total. The number of aryl methyl sites for hydroxylation is 1. The van der Waals surface area contributed by atoms with Crippen molar-refractivity contribution >= 4 is 0 Å². The van der Waals surface area contributed by atoms with Gasteiger partial charge in [-0.2, -0.15) is 0 Å². The summed E-state index contributed by atoms with van der Waals surface area (Å²) >= 11 is 0. The Kier molecular flexibility index (Phi) is 6.94. The second-order valence-electron chi connectivity index (χ2n) is 5.56. The summed E-state index contributed by atoms with van der Waals surface area (Å²) in [6.45, 7) is 5.66. The second-order valence-corrected chi connectivity index (χ2v) is 5.56. The Labute approximate surface area is 133 Å². The molecule has 3 nitrogen and oxygen atoms in total. The SMILES string of the molecule is CNCCCNCc1cccc(OCc2ccc(C)cc2)c1. The predicted molar refractivity (Wildman–Crippen MR) is 92.2 cm³/mol. The van der Waals surface area contributed by atoms with Crippen molar-refractivity contribution in [3.05, 3.63) is 65.2 Å². The molecule has 0 aliphatic rings. The van der Waals surface area contributed by atoms with Crippen LogP contribution >= 0.6 is 0 Å². The van der Waals surface area contributed by atoms with Crippen molar-refractivity contribution in [3.8, 4) is 5.75 Å². The van der Waals surface area contributed by atoms with Crippen LogP contribution in [0.1, 0.15) is 23.1 Å². The van der Waals surface area contributed by atoms with Crippen LogP contribution in [0.3, 0.4) is 0 Å². The summed E-state index contributed by atoms with van der Waals surface area (Å²) in [7, 11) is 1.98. The fourth-order valence-electron chi connectivity index (χ4n) is 2.22. The van der Waals surface area contributed by atoms with Crippen LogP contribution in [0.15, 0.2) is 48.5 Å². The Morgan fingerprint density at radius 3 is 2.55 bits per heavy atom. The van der Waals surface area contributed by atoms with Gasteiger partial charge < -0.3 is 15.4 Å². The van der Waals surface area contributed by atoms with Crippen molar-refractivity contribution in [2.75, 3.05) is 20.1 Å². The zero-order valence-corrected chi connectivity index (χ0v) is 13.6. The molecule has 0 aliphatic heterocycles. The standard InChI is InChI=1S/C19H26N2O/c1-16-7-9-17(10-8-16)15-22-19-6-3-5-18(13-19)14-21-12-4-11-20-2/h3,5-10,13,20-21H,4,11-12,14-15H2,1-2H3. The molecule has 0 radical (unpaired) electrons. The molecule has 0 heterocycles. The van der Waals surface area contributed by atoms with Gasteiger partial charge >= 0.3 is 0 Å². The average molecular weight is 298 g/mol. The van der Waals surface area contributed by atoms with E-state index >= 15 is 0 Å². The second kappa shape index (κ2) is 9.23. The summed E-state index contributed by atoms with van der Waals surface area (Å²) in [6, 6.07) is 16.8. The first-order valence-corrected chi connectivity index (χ1v) is 7.90. The highest BCUT2D eigenvalue weighted by Crippen LogP contribution is 2.15. The molecule has 0 saturated heterocycles. The first-order valence-electron chi connectivity index (χ1n) is 7.90. The first kappa shape index (κ1) is 16.5. The number of hydrogen-bond acceptors (Lipinski definition) is 3. The Morgan fingerprint density at radius 1 is 0.955 bits per heavy atom. The smallest absolute Gasteiger partial charge is 0.120 e. The Bertz CT molecular complexity index is 552. The molecule has 3 heteroatoms. The van der Waals surface area contributed by atoms with Crippen molar-refractivity contribution in [1.82, 2.24) is 10.6 Å². The van der Waals surface area contributed by atoms with Gasteiger partial charge in [0.2, 0.25) is 0 Å². The molecule has 0 bridgehead atoms. The van der Waals surface area contributed by atoms with E-state index in [0.717, 1.165) is 31.8 Å². The van der Waals surface area contributed by atoms with Crippen LogP contribution in [0.25, 0.3) is 0 Å². The Balaban J connectivity index is 1.79. The van der Waals surface area contributed by atoms with Crippen molar-refractivity contribution in [1.29, 1.82) is 0 Å². The van der Waals surface area contributed by atoms with E-state index in [1.165, 1.54) is 16.7 Å². The topological polar surface area (TPSA) is 33.3 Å². The third-order valence-electron chi connectivity index (χ3n) is 3.53. The summed E-state index contributed by atoms with van der Waals surface area (Å²) in [5.74, 6) is 0.926. The quantitative estimate of drug-likeness (QED) is 0.697. The minimum Gasteiger partial charge on any atom is -0.489 e. The fourth-order valence-corrected chi connectivity index (χ4v) is 2.22. The van der Waals surface area contributed by atoms with E-state index < -0.39 is 0 Å². The van der Waals surface area contributed by atoms with Crippen LogP contribution in [0.2, 0.25) is 0 Å². The zero-order chi connectivity index (χ0) is 15.6. The Hall–Kier alpha value is -1.84. The molecule has 2 aromatic rings. The van der Waals surface area contributed by atoms with Crippen LogP contribution in [-0.2, 0) is 13.2 Å². The molecular formula is C19H26N2O. The highest BCUT2D eigenvalue weighted by molar-refractivity contribution is 5.29. The van der Waals surface area contributed by atoms with Gasteiger partial charge in [0, 0.05) is 6.54 Å². The maximum atomic E-state index is 5.88. The molecule has 118 valence electrons. The number of ether oxygens (including phenoxy) is 1. The molecule has 0 fully saturated rings.